The second-order valence-corrected chi connectivity index (χ2v) is 5.05. The molecule has 1 aromatic carbocycles. The molecule has 1 atom stereocenters. The summed E-state index contributed by atoms with van der Waals surface area (Å²) >= 11 is 0. The van der Waals surface area contributed by atoms with Crippen molar-refractivity contribution in [3.05, 3.63) is 35.4 Å². The second-order valence-electron chi connectivity index (χ2n) is 5.05. The van der Waals surface area contributed by atoms with E-state index in [1.165, 1.54) is 26.2 Å². The standard InChI is InChI=1S/C17H20O7/c1-4-17(24-11-18,16(21)23-10-9-14(19)22-3)15(20)13-7-5-12(2)6-8-13/h5-8,11H,4,9-10H2,1-3H3. The average molecular weight is 336 g/mol. The molecule has 0 fully saturated rings. The quantitative estimate of drug-likeness (QED) is 0.222. The van der Waals surface area contributed by atoms with Crippen molar-refractivity contribution >= 4 is 24.2 Å². The van der Waals surface area contributed by atoms with Gasteiger partial charge in [0.25, 0.3) is 12.1 Å². The van der Waals surface area contributed by atoms with E-state index in [1.807, 2.05) is 6.92 Å². The maximum absolute atomic E-state index is 12.7. The van der Waals surface area contributed by atoms with Gasteiger partial charge in [0.1, 0.15) is 6.61 Å². The predicted molar refractivity (Wildman–Crippen MR) is 83.3 cm³/mol. The van der Waals surface area contributed by atoms with Gasteiger partial charge in [-0.25, -0.2) is 4.79 Å². The van der Waals surface area contributed by atoms with Crippen molar-refractivity contribution in [2.24, 2.45) is 0 Å². The van der Waals surface area contributed by atoms with Crippen LogP contribution in [-0.2, 0) is 28.6 Å². The molecule has 0 aliphatic rings. The molecule has 0 saturated heterocycles. The summed E-state index contributed by atoms with van der Waals surface area (Å²) in [5, 5.41) is 0. The van der Waals surface area contributed by atoms with Crippen LogP contribution in [0.5, 0.6) is 0 Å². The summed E-state index contributed by atoms with van der Waals surface area (Å²) in [6.07, 6.45) is -0.267. The van der Waals surface area contributed by atoms with Crippen LogP contribution in [0.15, 0.2) is 24.3 Å². The molecular formula is C17H20O7. The number of carbonyl (C=O) groups excluding carboxylic acids is 4. The highest BCUT2D eigenvalue weighted by molar-refractivity contribution is 6.16. The lowest BCUT2D eigenvalue weighted by molar-refractivity contribution is -0.171. The first-order valence-corrected chi connectivity index (χ1v) is 7.38. The Morgan fingerprint density at radius 1 is 1.17 bits per heavy atom. The number of hydrogen-bond acceptors (Lipinski definition) is 7. The van der Waals surface area contributed by atoms with Crippen molar-refractivity contribution < 1.29 is 33.4 Å². The number of Topliss-reactive ketones (excluding diaryl/α,β-unsaturated/α-hetero) is 1. The molecule has 0 N–H and O–H groups in total. The van der Waals surface area contributed by atoms with Gasteiger partial charge in [0, 0.05) is 12.0 Å². The number of aryl methyl sites for hydroxylation is 1. The molecular weight excluding hydrogens is 316 g/mol. The minimum atomic E-state index is -2.08. The molecule has 0 aliphatic carbocycles. The molecule has 1 aromatic rings. The van der Waals surface area contributed by atoms with Crippen LogP contribution in [0.3, 0.4) is 0 Å². The third-order valence-electron chi connectivity index (χ3n) is 3.52. The summed E-state index contributed by atoms with van der Waals surface area (Å²) in [5.74, 6) is -2.27. The van der Waals surface area contributed by atoms with Gasteiger partial charge >= 0.3 is 11.9 Å². The Bertz CT molecular complexity index is 606. The van der Waals surface area contributed by atoms with Crippen LogP contribution in [0, 0.1) is 6.92 Å². The normalized spacial score (nSPS) is 12.6. The van der Waals surface area contributed by atoms with Gasteiger partial charge in [-0.15, -0.1) is 0 Å². The van der Waals surface area contributed by atoms with Crippen LogP contribution < -0.4 is 0 Å². The van der Waals surface area contributed by atoms with Gasteiger partial charge in [-0.1, -0.05) is 36.8 Å². The van der Waals surface area contributed by atoms with Crippen molar-refractivity contribution in [1.29, 1.82) is 0 Å². The molecule has 0 heterocycles. The minimum Gasteiger partial charge on any atom is -0.469 e. The Morgan fingerprint density at radius 3 is 2.29 bits per heavy atom. The summed E-state index contributed by atoms with van der Waals surface area (Å²) in [7, 11) is 1.21. The first-order chi connectivity index (χ1) is 11.4. The smallest absolute Gasteiger partial charge is 0.358 e. The molecule has 7 heteroatoms. The molecule has 0 aliphatic heterocycles. The Balaban J connectivity index is 3.01. The van der Waals surface area contributed by atoms with Crippen LogP contribution in [0.4, 0.5) is 0 Å². The number of rotatable bonds is 9. The van der Waals surface area contributed by atoms with E-state index in [4.69, 9.17) is 9.47 Å². The zero-order chi connectivity index (χ0) is 18.2. The molecule has 24 heavy (non-hydrogen) atoms. The molecule has 130 valence electrons. The largest absolute Gasteiger partial charge is 0.469 e. The van der Waals surface area contributed by atoms with Gasteiger partial charge in [0.05, 0.1) is 13.5 Å². The van der Waals surface area contributed by atoms with E-state index in [2.05, 4.69) is 4.74 Å². The number of esters is 2. The number of benzene rings is 1. The van der Waals surface area contributed by atoms with E-state index in [1.54, 1.807) is 12.1 Å². The topological polar surface area (TPSA) is 96.0 Å². The fourth-order valence-corrected chi connectivity index (χ4v) is 2.05. The molecule has 1 unspecified atom stereocenters. The van der Waals surface area contributed by atoms with E-state index in [9.17, 15) is 19.2 Å². The molecule has 0 spiro atoms. The summed E-state index contributed by atoms with van der Waals surface area (Å²) in [6, 6.07) is 6.49. The van der Waals surface area contributed by atoms with Gasteiger partial charge in [-0.05, 0) is 6.92 Å². The molecule has 0 radical (unpaired) electrons. The van der Waals surface area contributed by atoms with Crippen molar-refractivity contribution in [2.45, 2.75) is 32.3 Å². The number of carbonyl (C=O) groups is 4. The summed E-state index contributed by atoms with van der Waals surface area (Å²) < 4.78 is 14.2. The lowest BCUT2D eigenvalue weighted by Gasteiger charge is -2.27. The fraction of sp³-hybridized carbons (Fsp3) is 0.412. The lowest BCUT2D eigenvalue weighted by atomic mass is 9.89. The Morgan fingerprint density at radius 2 is 1.79 bits per heavy atom. The maximum Gasteiger partial charge on any atom is 0.358 e. The second kappa shape index (κ2) is 8.81. The van der Waals surface area contributed by atoms with Gasteiger partial charge in [0.2, 0.25) is 5.78 Å². The molecule has 7 nitrogen and oxygen atoms in total. The highest BCUT2D eigenvalue weighted by atomic mass is 16.6. The summed E-state index contributed by atoms with van der Waals surface area (Å²) in [6.45, 7) is 3.13. The van der Waals surface area contributed by atoms with Gasteiger partial charge in [-0.3, -0.25) is 14.4 Å². The van der Waals surface area contributed by atoms with Gasteiger partial charge in [-0.2, -0.15) is 0 Å². The molecule has 0 saturated carbocycles. The Kier molecular flexibility index (Phi) is 7.10. The van der Waals surface area contributed by atoms with E-state index in [0.29, 0.717) is 0 Å². The molecule has 0 bridgehead atoms. The SMILES string of the molecule is CCC(OC=O)(C(=O)OCCC(=O)OC)C(=O)c1ccc(C)cc1. The van der Waals surface area contributed by atoms with Gasteiger partial charge < -0.3 is 14.2 Å². The number of ketones is 1. The van der Waals surface area contributed by atoms with Gasteiger partial charge in [0.15, 0.2) is 0 Å². The summed E-state index contributed by atoms with van der Waals surface area (Å²) in [4.78, 5) is 47.0. The molecule has 0 amide bonds. The van der Waals surface area contributed by atoms with Crippen molar-refractivity contribution in [3.8, 4) is 0 Å². The zero-order valence-corrected chi connectivity index (χ0v) is 13.9. The minimum absolute atomic E-state index is 0.0388. The average Bonchev–Trinajstić information content (AvgIpc) is 2.59. The van der Waals surface area contributed by atoms with Crippen LogP contribution in [-0.4, -0.2) is 43.5 Å². The van der Waals surface area contributed by atoms with E-state index < -0.39 is 23.3 Å². The van der Waals surface area contributed by atoms with E-state index >= 15 is 0 Å². The predicted octanol–water partition coefficient (Wildman–Crippen LogP) is 1.61. The molecule has 1 rings (SSSR count). The molecule has 0 aromatic heterocycles. The maximum atomic E-state index is 12.7. The monoisotopic (exact) mass is 336 g/mol. The van der Waals surface area contributed by atoms with E-state index in [0.717, 1.165) is 5.56 Å². The van der Waals surface area contributed by atoms with Crippen LogP contribution in [0.2, 0.25) is 0 Å². The Hall–Kier alpha value is -2.70. The lowest BCUT2D eigenvalue weighted by Crippen LogP contribution is -2.49. The van der Waals surface area contributed by atoms with Crippen LogP contribution in [0.25, 0.3) is 0 Å². The van der Waals surface area contributed by atoms with Crippen molar-refractivity contribution in [3.63, 3.8) is 0 Å². The van der Waals surface area contributed by atoms with E-state index in [-0.39, 0.29) is 31.5 Å². The highest BCUT2D eigenvalue weighted by Crippen LogP contribution is 2.24. The fourth-order valence-electron chi connectivity index (χ4n) is 2.05. The van der Waals surface area contributed by atoms with Crippen LogP contribution >= 0.6 is 0 Å². The number of ether oxygens (including phenoxy) is 3. The summed E-state index contributed by atoms with van der Waals surface area (Å²) in [5.41, 5.74) is -0.924. The number of methoxy groups -OCH3 is 1. The first kappa shape index (κ1) is 19.3. The number of hydrogen-bond donors (Lipinski definition) is 0. The third kappa shape index (κ3) is 4.41. The van der Waals surface area contributed by atoms with Crippen molar-refractivity contribution in [1.82, 2.24) is 0 Å². The highest BCUT2D eigenvalue weighted by Gasteiger charge is 2.48. The zero-order valence-electron chi connectivity index (χ0n) is 13.9. The third-order valence-corrected chi connectivity index (χ3v) is 3.52. The first-order valence-electron chi connectivity index (χ1n) is 7.38. The van der Waals surface area contributed by atoms with Crippen LogP contribution in [0.1, 0.15) is 35.7 Å². The van der Waals surface area contributed by atoms with Crippen molar-refractivity contribution in [2.75, 3.05) is 13.7 Å². The Labute approximate surface area is 139 Å².